The number of benzene rings is 1. The van der Waals surface area contributed by atoms with Gasteiger partial charge in [0.1, 0.15) is 0 Å². The van der Waals surface area contributed by atoms with E-state index in [1.54, 1.807) is 0 Å². The summed E-state index contributed by atoms with van der Waals surface area (Å²) in [5.74, 6) is 0.540. The maximum atomic E-state index is 10.6. The van der Waals surface area contributed by atoms with Gasteiger partial charge in [0.2, 0.25) is 0 Å². The van der Waals surface area contributed by atoms with Crippen molar-refractivity contribution >= 4 is 17.8 Å². The Morgan fingerprint density at radius 2 is 2.20 bits per heavy atom. The van der Waals surface area contributed by atoms with Gasteiger partial charge in [0.25, 0.3) is 0 Å². The van der Waals surface area contributed by atoms with Gasteiger partial charge < -0.3 is 10.2 Å². The molecule has 1 aliphatic heterocycles. The molecular formula is C11H13N3O. The molecule has 2 rings (SSSR count). The molecule has 0 radical (unpaired) electrons. The van der Waals surface area contributed by atoms with Crippen LogP contribution in [0.1, 0.15) is 0 Å². The second-order valence-electron chi connectivity index (χ2n) is 3.32. The fourth-order valence-electron chi connectivity index (χ4n) is 1.51. The Kier molecular flexibility index (Phi) is 2.97. The minimum absolute atomic E-state index is 0.540. The molecule has 1 heterocycles. The lowest BCUT2D eigenvalue weighted by molar-refractivity contribution is -0.103. The first-order valence-corrected chi connectivity index (χ1v) is 4.93. The number of aldehydes is 1. The smallest absolute Gasteiger partial charge is 0.184 e. The largest absolute Gasteiger partial charge is 0.368 e. The summed E-state index contributed by atoms with van der Waals surface area (Å²) in [6, 6.07) is 9.91. The number of nitrogens with zero attached hydrogens (tertiary/aromatic N) is 2. The van der Waals surface area contributed by atoms with E-state index in [1.807, 2.05) is 35.2 Å². The van der Waals surface area contributed by atoms with Crippen molar-refractivity contribution in [2.45, 2.75) is 0 Å². The van der Waals surface area contributed by atoms with Gasteiger partial charge in [-0.05, 0) is 12.1 Å². The zero-order valence-electron chi connectivity index (χ0n) is 8.39. The number of nitrogens with one attached hydrogen (secondary N) is 1. The molecule has 78 valence electrons. The summed E-state index contributed by atoms with van der Waals surface area (Å²) in [6.07, 6.45) is 0.805. The van der Waals surface area contributed by atoms with Gasteiger partial charge in [-0.2, -0.15) is 0 Å². The topological polar surface area (TPSA) is 44.7 Å². The zero-order valence-corrected chi connectivity index (χ0v) is 8.39. The Morgan fingerprint density at radius 1 is 1.40 bits per heavy atom. The summed E-state index contributed by atoms with van der Waals surface area (Å²) in [6.45, 7) is 2.15. The quantitative estimate of drug-likeness (QED) is 0.741. The van der Waals surface area contributed by atoms with Gasteiger partial charge in [0.05, 0.1) is 13.2 Å². The highest BCUT2D eigenvalue weighted by molar-refractivity contribution is 6.27. The Bertz CT molecular complexity index is 361. The summed E-state index contributed by atoms with van der Waals surface area (Å²) in [4.78, 5) is 16.6. The molecule has 0 atom stereocenters. The lowest BCUT2D eigenvalue weighted by Gasteiger charge is -2.18. The van der Waals surface area contributed by atoms with Crippen LogP contribution in [0.25, 0.3) is 0 Å². The van der Waals surface area contributed by atoms with Gasteiger partial charge in [0.15, 0.2) is 12.1 Å². The Balaban J connectivity index is 1.89. The van der Waals surface area contributed by atoms with Crippen LogP contribution in [0.3, 0.4) is 0 Å². The molecule has 4 nitrogen and oxygen atoms in total. The number of carbonyl (C=O) groups is 1. The predicted octanol–water partition coefficient (Wildman–Crippen LogP) is 0.969. The number of aliphatic imine (C=N–C) groups is 1. The molecule has 0 spiro atoms. The molecule has 0 bridgehead atoms. The van der Waals surface area contributed by atoms with Crippen molar-refractivity contribution < 1.29 is 4.79 Å². The van der Waals surface area contributed by atoms with Crippen molar-refractivity contribution in [3.63, 3.8) is 0 Å². The summed E-state index contributed by atoms with van der Waals surface area (Å²) >= 11 is 0. The number of para-hydroxylation sites is 1. The first-order valence-electron chi connectivity index (χ1n) is 4.93. The lowest BCUT2D eigenvalue weighted by Crippen LogP contribution is -2.33. The minimum atomic E-state index is 0.540. The standard InChI is InChI=1S/C11H13N3O/c15-8-11-12-6-7-14(11)9-13-10-4-2-1-3-5-10/h1-5,8,13H,6-7,9H2. The third kappa shape index (κ3) is 2.34. The SMILES string of the molecule is O=CC1=NCCN1CNc1ccccc1. The average Bonchev–Trinajstić information content (AvgIpc) is 2.75. The number of rotatable bonds is 4. The van der Waals surface area contributed by atoms with Crippen molar-refractivity contribution in [3.8, 4) is 0 Å². The molecule has 1 N–H and O–H groups in total. The first kappa shape index (κ1) is 9.71. The molecule has 1 aromatic rings. The van der Waals surface area contributed by atoms with Crippen LogP contribution in [-0.2, 0) is 4.79 Å². The molecule has 0 amide bonds. The maximum absolute atomic E-state index is 10.6. The van der Waals surface area contributed by atoms with Crippen molar-refractivity contribution in [2.24, 2.45) is 4.99 Å². The minimum Gasteiger partial charge on any atom is -0.368 e. The fourth-order valence-corrected chi connectivity index (χ4v) is 1.51. The Hall–Kier alpha value is -1.84. The van der Waals surface area contributed by atoms with Gasteiger partial charge in [-0.1, -0.05) is 18.2 Å². The molecule has 0 fully saturated rings. The van der Waals surface area contributed by atoms with Gasteiger partial charge >= 0.3 is 0 Å². The summed E-state index contributed by atoms with van der Waals surface area (Å²) < 4.78 is 0. The van der Waals surface area contributed by atoms with E-state index in [0.717, 1.165) is 18.5 Å². The zero-order chi connectivity index (χ0) is 10.5. The van der Waals surface area contributed by atoms with E-state index < -0.39 is 0 Å². The summed E-state index contributed by atoms with van der Waals surface area (Å²) in [5.41, 5.74) is 1.05. The van der Waals surface area contributed by atoms with E-state index in [1.165, 1.54) is 0 Å². The lowest BCUT2D eigenvalue weighted by atomic mass is 10.3. The van der Waals surface area contributed by atoms with Gasteiger partial charge in [-0.25, -0.2) is 0 Å². The van der Waals surface area contributed by atoms with Crippen molar-refractivity contribution in [2.75, 3.05) is 25.1 Å². The third-order valence-corrected chi connectivity index (χ3v) is 2.32. The van der Waals surface area contributed by atoms with Crippen LogP contribution in [-0.4, -0.2) is 36.8 Å². The van der Waals surface area contributed by atoms with Gasteiger partial charge in [-0.3, -0.25) is 9.79 Å². The van der Waals surface area contributed by atoms with E-state index in [9.17, 15) is 4.79 Å². The van der Waals surface area contributed by atoms with Crippen LogP contribution >= 0.6 is 0 Å². The van der Waals surface area contributed by atoms with Gasteiger partial charge in [-0.15, -0.1) is 0 Å². The van der Waals surface area contributed by atoms with Crippen LogP contribution in [0.2, 0.25) is 0 Å². The molecule has 1 aliphatic rings. The highest BCUT2D eigenvalue weighted by Crippen LogP contribution is 2.06. The molecule has 0 saturated carbocycles. The van der Waals surface area contributed by atoms with Crippen LogP contribution in [0.5, 0.6) is 0 Å². The number of carbonyl (C=O) groups excluding carboxylic acids is 1. The molecule has 0 aromatic heterocycles. The van der Waals surface area contributed by atoms with Crippen LogP contribution in [0.15, 0.2) is 35.3 Å². The van der Waals surface area contributed by atoms with Crippen LogP contribution in [0.4, 0.5) is 5.69 Å². The van der Waals surface area contributed by atoms with Crippen LogP contribution < -0.4 is 5.32 Å². The molecular weight excluding hydrogens is 190 g/mol. The highest BCUT2D eigenvalue weighted by Gasteiger charge is 2.14. The third-order valence-electron chi connectivity index (χ3n) is 2.32. The van der Waals surface area contributed by atoms with E-state index in [0.29, 0.717) is 19.0 Å². The number of amidine groups is 1. The first-order chi connectivity index (χ1) is 7.40. The van der Waals surface area contributed by atoms with E-state index >= 15 is 0 Å². The molecule has 0 aliphatic carbocycles. The van der Waals surface area contributed by atoms with Crippen molar-refractivity contribution in [1.82, 2.24) is 4.90 Å². The molecule has 4 heteroatoms. The highest BCUT2D eigenvalue weighted by atomic mass is 16.1. The van der Waals surface area contributed by atoms with E-state index in [2.05, 4.69) is 10.3 Å². The van der Waals surface area contributed by atoms with E-state index in [4.69, 9.17) is 0 Å². The maximum Gasteiger partial charge on any atom is 0.184 e. The molecule has 0 saturated heterocycles. The number of anilines is 1. The molecule has 0 unspecified atom stereocenters. The van der Waals surface area contributed by atoms with Crippen molar-refractivity contribution in [3.05, 3.63) is 30.3 Å². The normalized spacial score (nSPS) is 14.9. The molecule has 1 aromatic carbocycles. The Labute approximate surface area is 88.6 Å². The second kappa shape index (κ2) is 4.59. The predicted molar refractivity (Wildman–Crippen MR) is 60.0 cm³/mol. The number of hydrogen-bond acceptors (Lipinski definition) is 4. The second-order valence-corrected chi connectivity index (χ2v) is 3.32. The number of hydrogen-bond donors (Lipinski definition) is 1. The fraction of sp³-hybridized carbons (Fsp3) is 0.273. The summed E-state index contributed by atoms with van der Waals surface area (Å²) in [7, 11) is 0. The molecule has 15 heavy (non-hydrogen) atoms. The average molecular weight is 203 g/mol. The van der Waals surface area contributed by atoms with Gasteiger partial charge in [0, 0.05) is 12.2 Å². The van der Waals surface area contributed by atoms with E-state index in [-0.39, 0.29) is 0 Å². The van der Waals surface area contributed by atoms with Crippen LogP contribution in [0, 0.1) is 0 Å². The summed E-state index contributed by atoms with van der Waals surface area (Å²) in [5, 5.41) is 3.24. The van der Waals surface area contributed by atoms with Crippen molar-refractivity contribution in [1.29, 1.82) is 0 Å². The monoisotopic (exact) mass is 203 g/mol. The Morgan fingerprint density at radius 3 is 2.93 bits per heavy atom.